The fourth-order valence-corrected chi connectivity index (χ4v) is 4.50. The fourth-order valence-electron chi connectivity index (χ4n) is 4.24. The molecule has 0 spiro atoms. The van der Waals surface area contributed by atoms with Gasteiger partial charge in [0.25, 0.3) is 0 Å². The van der Waals surface area contributed by atoms with Crippen molar-refractivity contribution in [2.24, 2.45) is 0 Å². The van der Waals surface area contributed by atoms with Gasteiger partial charge in [-0.05, 0) is 37.3 Å². The number of ether oxygens (including phenoxy) is 1. The maximum absolute atomic E-state index is 12.8. The predicted molar refractivity (Wildman–Crippen MR) is 97.3 cm³/mol. The molecule has 2 N–H and O–H groups in total. The van der Waals surface area contributed by atoms with E-state index in [1.54, 1.807) is 6.07 Å². The van der Waals surface area contributed by atoms with E-state index >= 15 is 0 Å². The van der Waals surface area contributed by atoms with Crippen LogP contribution in [0.4, 0.5) is 0 Å². The zero-order valence-electron chi connectivity index (χ0n) is 14.5. The molecule has 0 atom stereocenters. The van der Waals surface area contributed by atoms with Gasteiger partial charge in [-0.2, -0.15) is 0 Å². The Morgan fingerprint density at radius 1 is 1.04 bits per heavy atom. The predicted octanol–water partition coefficient (Wildman–Crippen LogP) is 3.76. The molecule has 0 saturated carbocycles. The number of carbonyl (C=O) groups excluding carboxylic acids is 2. The van der Waals surface area contributed by atoms with Crippen LogP contribution in [0.15, 0.2) is 34.7 Å². The maximum Gasteiger partial charge on any atom is 0.161 e. The van der Waals surface area contributed by atoms with Crippen LogP contribution in [-0.2, 0) is 9.59 Å². The van der Waals surface area contributed by atoms with Gasteiger partial charge < -0.3 is 15.2 Å². The molecule has 136 valence electrons. The average molecular weight is 374 g/mol. The van der Waals surface area contributed by atoms with Crippen molar-refractivity contribution in [3.8, 4) is 11.5 Å². The summed E-state index contributed by atoms with van der Waals surface area (Å²) in [6, 6.07) is 3.06. The van der Waals surface area contributed by atoms with E-state index in [1.807, 2.05) is 0 Å². The van der Waals surface area contributed by atoms with Crippen molar-refractivity contribution in [1.82, 2.24) is 5.32 Å². The number of halogens is 1. The molecule has 1 aromatic rings. The number of nitrogens with one attached hydrogen (secondary N) is 1. The van der Waals surface area contributed by atoms with Crippen molar-refractivity contribution in [3.05, 3.63) is 45.3 Å². The van der Waals surface area contributed by atoms with E-state index in [9.17, 15) is 14.7 Å². The van der Waals surface area contributed by atoms with Crippen molar-refractivity contribution in [3.63, 3.8) is 0 Å². The van der Waals surface area contributed by atoms with E-state index < -0.39 is 5.92 Å². The van der Waals surface area contributed by atoms with E-state index in [4.69, 9.17) is 16.3 Å². The largest absolute Gasteiger partial charge is 0.504 e. The zero-order valence-corrected chi connectivity index (χ0v) is 15.3. The van der Waals surface area contributed by atoms with E-state index in [2.05, 4.69) is 5.32 Å². The Morgan fingerprint density at radius 3 is 2.15 bits per heavy atom. The number of hydrogen-bond acceptors (Lipinski definition) is 5. The fraction of sp³-hybridized carbons (Fsp3) is 0.400. The number of dihydropyridines is 1. The van der Waals surface area contributed by atoms with E-state index in [0.717, 1.165) is 37.1 Å². The molecule has 0 saturated heterocycles. The summed E-state index contributed by atoms with van der Waals surface area (Å²) in [7, 11) is 1.46. The van der Waals surface area contributed by atoms with Gasteiger partial charge in [-0.25, -0.2) is 0 Å². The third-order valence-electron chi connectivity index (χ3n) is 5.40. The van der Waals surface area contributed by atoms with Crippen LogP contribution in [0, 0.1) is 0 Å². The lowest BCUT2D eigenvalue weighted by Gasteiger charge is -2.37. The van der Waals surface area contributed by atoms with Crippen molar-refractivity contribution < 1.29 is 19.4 Å². The summed E-state index contributed by atoms with van der Waals surface area (Å²) in [6.45, 7) is 0. The number of Topliss-reactive ketones (excluding diaryl/α,β-unsaturated/α-hetero) is 2. The molecule has 0 amide bonds. The molecule has 0 bridgehead atoms. The Hall–Kier alpha value is -2.27. The van der Waals surface area contributed by atoms with Crippen molar-refractivity contribution in [2.75, 3.05) is 7.11 Å². The Bertz CT molecular complexity index is 842. The molecular formula is C20H20ClNO4. The number of hydrogen-bond donors (Lipinski definition) is 2. The summed E-state index contributed by atoms with van der Waals surface area (Å²) in [5.74, 6) is -0.181. The molecule has 0 aromatic heterocycles. The van der Waals surface area contributed by atoms with Crippen LogP contribution in [0.25, 0.3) is 0 Å². The second-order valence-electron chi connectivity index (χ2n) is 6.94. The van der Waals surface area contributed by atoms with Crippen LogP contribution in [0.2, 0.25) is 5.02 Å². The molecule has 2 aliphatic carbocycles. The summed E-state index contributed by atoms with van der Waals surface area (Å²) >= 11 is 6.45. The van der Waals surface area contributed by atoms with E-state index in [0.29, 0.717) is 34.6 Å². The van der Waals surface area contributed by atoms with Gasteiger partial charge in [0.2, 0.25) is 0 Å². The third-order valence-corrected chi connectivity index (χ3v) is 5.73. The summed E-state index contributed by atoms with van der Waals surface area (Å²) in [5.41, 5.74) is 3.72. The number of methoxy groups -OCH3 is 1. The van der Waals surface area contributed by atoms with Gasteiger partial charge in [0.05, 0.1) is 7.11 Å². The van der Waals surface area contributed by atoms with E-state index in [-0.39, 0.29) is 23.1 Å². The lowest BCUT2D eigenvalue weighted by Crippen LogP contribution is -2.36. The third kappa shape index (κ3) is 2.62. The highest BCUT2D eigenvalue weighted by atomic mass is 35.5. The average Bonchev–Trinajstić information content (AvgIpc) is 2.61. The Morgan fingerprint density at radius 2 is 1.62 bits per heavy atom. The molecule has 5 nitrogen and oxygen atoms in total. The number of carbonyl (C=O) groups is 2. The lowest BCUT2D eigenvalue weighted by atomic mass is 9.71. The normalized spacial score (nSPS) is 20.7. The van der Waals surface area contributed by atoms with Gasteiger partial charge in [-0.15, -0.1) is 0 Å². The summed E-state index contributed by atoms with van der Waals surface area (Å²) in [4.78, 5) is 25.5. The van der Waals surface area contributed by atoms with Gasteiger partial charge in [0.15, 0.2) is 23.1 Å². The number of allylic oxidation sites excluding steroid dienone is 4. The van der Waals surface area contributed by atoms with Crippen LogP contribution in [0.1, 0.15) is 50.0 Å². The number of phenols is 1. The van der Waals surface area contributed by atoms with Crippen molar-refractivity contribution in [1.29, 1.82) is 0 Å². The first-order valence-corrected chi connectivity index (χ1v) is 9.25. The molecule has 4 rings (SSSR count). The molecule has 1 heterocycles. The summed E-state index contributed by atoms with van der Waals surface area (Å²) < 4.78 is 5.23. The van der Waals surface area contributed by atoms with Gasteiger partial charge in [0, 0.05) is 52.4 Å². The highest BCUT2D eigenvalue weighted by Gasteiger charge is 2.41. The molecule has 3 aliphatic rings. The van der Waals surface area contributed by atoms with E-state index in [1.165, 1.54) is 13.2 Å². The number of aromatic hydroxyl groups is 1. The zero-order chi connectivity index (χ0) is 18.4. The highest BCUT2D eigenvalue weighted by Crippen LogP contribution is 2.48. The number of ketones is 2. The quantitative estimate of drug-likeness (QED) is 0.825. The Balaban J connectivity index is 1.96. The second kappa shape index (κ2) is 6.47. The summed E-state index contributed by atoms with van der Waals surface area (Å²) in [6.07, 6.45) is 4.13. The molecule has 1 aromatic carbocycles. The Labute approximate surface area is 156 Å². The van der Waals surface area contributed by atoms with Crippen LogP contribution >= 0.6 is 11.6 Å². The molecule has 0 unspecified atom stereocenters. The first kappa shape index (κ1) is 17.2. The molecule has 0 fully saturated rings. The molecule has 1 aliphatic heterocycles. The minimum Gasteiger partial charge on any atom is -0.504 e. The summed E-state index contributed by atoms with van der Waals surface area (Å²) in [5, 5.41) is 13.7. The lowest BCUT2D eigenvalue weighted by molar-refractivity contribution is -0.116. The van der Waals surface area contributed by atoms with Crippen LogP contribution < -0.4 is 10.1 Å². The Kier molecular flexibility index (Phi) is 4.27. The maximum atomic E-state index is 12.8. The molecule has 26 heavy (non-hydrogen) atoms. The first-order chi connectivity index (χ1) is 12.5. The smallest absolute Gasteiger partial charge is 0.161 e. The van der Waals surface area contributed by atoms with Gasteiger partial charge in [-0.1, -0.05) is 11.6 Å². The number of rotatable bonds is 2. The minimum atomic E-state index is -0.496. The second-order valence-corrected chi connectivity index (χ2v) is 7.35. The van der Waals surface area contributed by atoms with Gasteiger partial charge in [-0.3, -0.25) is 9.59 Å². The van der Waals surface area contributed by atoms with Crippen molar-refractivity contribution >= 4 is 23.2 Å². The van der Waals surface area contributed by atoms with Crippen molar-refractivity contribution in [2.45, 2.75) is 44.4 Å². The standard InChI is InChI=1S/C20H20ClNO4/c1-26-17-8-10(11(21)9-16(17)25)18-19-12(4-2-6-14(19)23)22-13-5-3-7-15(24)20(13)18/h8-9,18,22,25H,2-7H2,1H3. The van der Waals surface area contributed by atoms with Crippen LogP contribution in [0.5, 0.6) is 11.5 Å². The number of benzene rings is 1. The highest BCUT2D eigenvalue weighted by molar-refractivity contribution is 6.32. The van der Waals surface area contributed by atoms with Crippen LogP contribution in [-0.4, -0.2) is 23.8 Å². The monoisotopic (exact) mass is 373 g/mol. The minimum absolute atomic E-state index is 0.0526. The SMILES string of the molecule is COc1cc(C2C3=C(CCCC3=O)NC3=C2C(=O)CCC3)c(Cl)cc1O. The van der Waals surface area contributed by atoms with Gasteiger partial charge >= 0.3 is 0 Å². The topological polar surface area (TPSA) is 75.6 Å². The van der Waals surface area contributed by atoms with Gasteiger partial charge in [0.1, 0.15) is 0 Å². The number of phenolic OH excluding ortho intramolecular Hbond substituents is 1. The van der Waals surface area contributed by atoms with Crippen LogP contribution in [0.3, 0.4) is 0 Å². The molecule has 0 radical (unpaired) electrons. The molecular weight excluding hydrogens is 354 g/mol. The molecule has 6 heteroatoms. The first-order valence-electron chi connectivity index (χ1n) is 8.87.